The Morgan fingerprint density at radius 3 is 2.65 bits per heavy atom. The monoisotopic (exact) mass is 324 g/mol. The van der Waals surface area contributed by atoms with Gasteiger partial charge in [-0.05, 0) is 33.1 Å². The molecule has 2 N–H and O–H groups in total. The first-order valence-corrected chi connectivity index (χ1v) is 8.43. The largest absolute Gasteiger partial charge is 0.444 e. The number of alkyl carbamates (subject to hydrolysis) is 1. The fourth-order valence-electron chi connectivity index (χ4n) is 2.23. The van der Waals surface area contributed by atoms with E-state index in [1.165, 1.54) is 0 Å². The molecule has 23 heavy (non-hydrogen) atoms. The molecule has 0 radical (unpaired) electrons. The molecule has 1 heterocycles. The van der Waals surface area contributed by atoms with Crippen molar-refractivity contribution in [1.29, 1.82) is 0 Å². The molecule has 0 fully saturated rings. The Balaban J connectivity index is 2.49. The fraction of sp³-hybridized carbons (Fsp3) is 0.765. The second kappa shape index (κ2) is 8.91. The Labute approximate surface area is 140 Å². The third kappa shape index (κ3) is 7.50. The van der Waals surface area contributed by atoms with Crippen LogP contribution in [0.1, 0.15) is 53.8 Å². The van der Waals surface area contributed by atoms with Gasteiger partial charge in [-0.25, -0.2) is 9.78 Å². The minimum Gasteiger partial charge on any atom is -0.444 e. The van der Waals surface area contributed by atoms with Gasteiger partial charge in [0.2, 0.25) is 0 Å². The normalized spacial score (nSPS) is 13.2. The van der Waals surface area contributed by atoms with Crippen LogP contribution < -0.4 is 10.6 Å². The number of nitrogens with zero attached hydrogens (tertiary/aromatic N) is 2. The molecule has 6 heteroatoms. The zero-order valence-electron chi connectivity index (χ0n) is 15.3. The van der Waals surface area contributed by atoms with E-state index >= 15 is 0 Å². The Kier molecular flexibility index (Phi) is 7.55. The van der Waals surface area contributed by atoms with Gasteiger partial charge in [-0.2, -0.15) is 0 Å². The van der Waals surface area contributed by atoms with Gasteiger partial charge in [-0.1, -0.05) is 20.8 Å². The lowest BCUT2D eigenvalue weighted by atomic mass is 10.0. The summed E-state index contributed by atoms with van der Waals surface area (Å²) in [5, 5.41) is 6.32. The van der Waals surface area contributed by atoms with E-state index in [1.54, 1.807) is 0 Å². The number of aryl methyl sites for hydroxylation is 1. The molecule has 0 aliphatic carbocycles. The van der Waals surface area contributed by atoms with Crippen LogP contribution >= 0.6 is 0 Å². The minimum atomic E-state index is -0.476. The Hall–Kier alpha value is -1.56. The van der Waals surface area contributed by atoms with E-state index in [9.17, 15) is 4.79 Å². The Bertz CT molecular complexity index is 477. The average molecular weight is 324 g/mol. The number of carbonyl (C=O) groups is 1. The molecule has 0 saturated carbocycles. The molecule has 0 aromatic carbocycles. The number of rotatable bonds is 8. The van der Waals surface area contributed by atoms with Gasteiger partial charge < -0.3 is 19.9 Å². The van der Waals surface area contributed by atoms with Crippen LogP contribution in [0.25, 0.3) is 0 Å². The van der Waals surface area contributed by atoms with Gasteiger partial charge in [0.1, 0.15) is 11.4 Å². The first-order chi connectivity index (χ1) is 10.7. The second-order valence-corrected chi connectivity index (χ2v) is 7.15. The SMILES string of the molecule is CCCn1ccnc1CNC(CNC(=O)OC(C)(C)C)C(C)C. The van der Waals surface area contributed by atoms with Crippen molar-refractivity contribution < 1.29 is 9.53 Å². The summed E-state index contributed by atoms with van der Waals surface area (Å²) in [7, 11) is 0. The molecule has 1 rings (SSSR count). The number of hydrogen-bond acceptors (Lipinski definition) is 4. The van der Waals surface area contributed by atoms with Crippen LogP contribution in [-0.4, -0.2) is 33.8 Å². The predicted octanol–water partition coefficient (Wildman–Crippen LogP) is 2.93. The van der Waals surface area contributed by atoms with Crippen LogP contribution in [0, 0.1) is 5.92 Å². The van der Waals surface area contributed by atoms with E-state index in [2.05, 4.69) is 41.0 Å². The molecule has 0 spiro atoms. The maximum absolute atomic E-state index is 11.8. The van der Waals surface area contributed by atoms with Crippen molar-refractivity contribution in [3.05, 3.63) is 18.2 Å². The van der Waals surface area contributed by atoms with Crippen LogP contribution in [0.3, 0.4) is 0 Å². The van der Waals surface area contributed by atoms with E-state index in [0.717, 1.165) is 18.8 Å². The van der Waals surface area contributed by atoms with Crippen molar-refractivity contribution in [2.45, 2.75) is 72.7 Å². The molecule has 0 saturated heterocycles. The van der Waals surface area contributed by atoms with Gasteiger partial charge in [0.25, 0.3) is 0 Å². The summed E-state index contributed by atoms with van der Waals surface area (Å²) in [4.78, 5) is 16.2. The van der Waals surface area contributed by atoms with Crippen molar-refractivity contribution in [2.75, 3.05) is 6.54 Å². The van der Waals surface area contributed by atoms with Crippen molar-refractivity contribution in [1.82, 2.24) is 20.2 Å². The summed E-state index contributed by atoms with van der Waals surface area (Å²) in [5.74, 6) is 1.41. The first kappa shape index (κ1) is 19.5. The van der Waals surface area contributed by atoms with Gasteiger partial charge in [0, 0.05) is 31.5 Å². The third-order valence-electron chi connectivity index (χ3n) is 3.46. The highest BCUT2D eigenvalue weighted by molar-refractivity contribution is 5.67. The number of aromatic nitrogens is 2. The third-order valence-corrected chi connectivity index (χ3v) is 3.46. The molecule has 0 aliphatic rings. The number of imidazole rings is 1. The Morgan fingerprint density at radius 2 is 2.09 bits per heavy atom. The van der Waals surface area contributed by atoms with E-state index in [0.29, 0.717) is 19.0 Å². The lowest BCUT2D eigenvalue weighted by Gasteiger charge is -2.25. The second-order valence-electron chi connectivity index (χ2n) is 7.15. The number of amides is 1. The molecule has 1 atom stereocenters. The minimum absolute atomic E-state index is 0.161. The summed E-state index contributed by atoms with van der Waals surface area (Å²) in [5.41, 5.74) is -0.476. The molecule has 132 valence electrons. The maximum Gasteiger partial charge on any atom is 0.407 e. The summed E-state index contributed by atoms with van der Waals surface area (Å²) in [6.07, 6.45) is 4.54. The van der Waals surface area contributed by atoms with Crippen molar-refractivity contribution in [3.8, 4) is 0 Å². The zero-order chi connectivity index (χ0) is 17.5. The smallest absolute Gasteiger partial charge is 0.407 e. The van der Waals surface area contributed by atoms with Gasteiger partial charge >= 0.3 is 6.09 Å². The van der Waals surface area contributed by atoms with Crippen molar-refractivity contribution >= 4 is 6.09 Å². The highest BCUT2D eigenvalue weighted by atomic mass is 16.6. The average Bonchev–Trinajstić information content (AvgIpc) is 2.84. The van der Waals surface area contributed by atoms with Crippen molar-refractivity contribution in [3.63, 3.8) is 0 Å². The summed E-state index contributed by atoms with van der Waals surface area (Å²) < 4.78 is 7.43. The molecule has 1 aromatic rings. The number of carbonyl (C=O) groups excluding carboxylic acids is 1. The van der Waals surface area contributed by atoms with Crippen LogP contribution in [0.4, 0.5) is 4.79 Å². The Morgan fingerprint density at radius 1 is 1.39 bits per heavy atom. The number of ether oxygens (including phenoxy) is 1. The zero-order valence-corrected chi connectivity index (χ0v) is 15.3. The molecule has 1 amide bonds. The molecular weight excluding hydrogens is 292 g/mol. The topological polar surface area (TPSA) is 68.2 Å². The summed E-state index contributed by atoms with van der Waals surface area (Å²) in [6, 6.07) is 0.161. The summed E-state index contributed by atoms with van der Waals surface area (Å²) in [6.45, 7) is 14.2. The van der Waals surface area contributed by atoms with E-state index in [-0.39, 0.29) is 12.1 Å². The van der Waals surface area contributed by atoms with Crippen molar-refractivity contribution in [2.24, 2.45) is 5.92 Å². The van der Waals surface area contributed by atoms with Gasteiger partial charge in [-0.15, -0.1) is 0 Å². The molecule has 0 bridgehead atoms. The molecular formula is C17H32N4O2. The van der Waals surface area contributed by atoms with Crippen LogP contribution in [0.5, 0.6) is 0 Å². The van der Waals surface area contributed by atoms with E-state index < -0.39 is 5.60 Å². The van der Waals surface area contributed by atoms with Crippen LogP contribution in [0.2, 0.25) is 0 Å². The van der Waals surface area contributed by atoms with Gasteiger partial charge in [0.15, 0.2) is 0 Å². The molecule has 1 aromatic heterocycles. The molecule has 6 nitrogen and oxygen atoms in total. The number of nitrogens with one attached hydrogen (secondary N) is 2. The fourth-order valence-corrected chi connectivity index (χ4v) is 2.23. The van der Waals surface area contributed by atoms with E-state index in [1.807, 2.05) is 33.2 Å². The first-order valence-electron chi connectivity index (χ1n) is 8.43. The maximum atomic E-state index is 11.8. The quantitative estimate of drug-likeness (QED) is 0.771. The standard InChI is InChI=1S/C17H32N4O2/c1-7-9-21-10-8-18-15(21)12-19-14(13(2)3)11-20-16(22)23-17(4,5)6/h8,10,13-14,19H,7,9,11-12H2,1-6H3,(H,20,22). The lowest BCUT2D eigenvalue weighted by molar-refractivity contribution is 0.0519. The molecule has 0 aliphatic heterocycles. The number of hydrogen-bond donors (Lipinski definition) is 2. The van der Waals surface area contributed by atoms with E-state index in [4.69, 9.17) is 4.74 Å². The highest BCUT2D eigenvalue weighted by Gasteiger charge is 2.19. The van der Waals surface area contributed by atoms with Crippen LogP contribution in [0.15, 0.2) is 12.4 Å². The predicted molar refractivity (Wildman–Crippen MR) is 92.2 cm³/mol. The van der Waals surface area contributed by atoms with Gasteiger partial charge in [0.05, 0.1) is 6.54 Å². The lowest BCUT2D eigenvalue weighted by Crippen LogP contribution is -2.45. The summed E-state index contributed by atoms with van der Waals surface area (Å²) >= 11 is 0. The van der Waals surface area contributed by atoms with Gasteiger partial charge in [-0.3, -0.25) is 0 Å². The van der Waals surface area contributed by atoms with Crippen LogP contribution in [-0.2, 0) is 17.8 Å². The highest BCUT2D eigenvalue weighted by Crippen LogP contribution is 2.08. The molecule has 1 unspecified atom stereocenters.